The number of rotatable bonds is 4. The molecule has 1 aromatic carbocycles. The Labute approximate surface area is 156 Å². The van der Waals surface area contributed by atoms with Crippen LogP contribution in [0.3, 0.4) is 0 Å². The number of hydrogen-bond acceptors (Lipinski definition) is 3. The van der Waals surface area contributed by atoms with Crippen LogP contribution in [0.4, 0.5) is 0 Å². The van der Waals surface area contributed by atoms with E-state index in [1.807, 2.05) is 12.1 Å². The van der Waals surface area contributed by atoms with E-state index >= 15 is 0 Å². The van der Waals surface area contributed by atoms with Gasteiger partial charge >= 0.3 is 0 Å². The monoisotopic (exact) mass is 432 g/mol. The number of hydrogen-bond donors (Lipinski definition) is 3. The van der Waals surface area contributed by atoms with Crippen molar-refractivity contribution in [2.45, 2.75) is 51.9 Å². The number of likely N-dealkylation sites (tertiary alicyclic amines) is 1. The summed E-state index contributed by atoms with van der Waals surface area (Å²) >= 11 is 0. The summed E-state index contributed by atoms with van der Waals surface area (Å²) in [5.41, 5.74) is 8.29. The molecule has 130 valence electrons. The summed E-state index contributed by atoms with van der Waals surface area (Å²) in [6.45, 7) is 9.31. The van der Waals surface area contributed by atoms with Gasteiger partial charge in [-0.2, -0.15) is 0 Å². The molecule has 1 aromatic rings. The zero-order valence-electron chi connectivity index (χ0n) is 14.2. The van der Waals surface area contributed by atoms with Gasteiger partial charge in [0.05, 0.1) is 12.6 Å². The minimum absolute atomic E-state index is 0. The summed E-state index contributed by atoms with van der Waals surface area (Å²) in [4.78, 5) is 6.73. The second-order valence-electron chi connectivity index (χ2n) is 7.02. The highest BCUT2D eigenvalue weighted by molar-refractivity contribution is 14.0. The fourth-order valence-corrected chi connectivity index (χ4v) is 2.66. The van der Waals surface area contributed by atoms with Gasteiger partial charge in [0.1, 0.15) is 0 Å². The molecule has 1 saturated heterocycles. The molecule has 0 aliphatic carbocycles. The predicted molar refractivity (Wildman–Crippen MR) is 106 cm³/mol. The van der Waals surface area contributed by atoms with Crippen molar-refractivity contribution in [3.8, 4) is 0 Å². The Kier molecular flexibility index (Phi) is 7.76. The molecule has 0 saturated carbocycles. The topological polar surface area (TPSA) is 73.9 Å². The molecule has 6 heteroatoms. The minimum Gasteiger partial charge on any atom is -0.392 e. The van der Waals surface area contributed by atoms with Crippen LogP contribution in [0.5, 0.6) is 0 Å². The third-order valence-electron chi connectivity index (χ3n) is 3.68. The van der Waals surface area contributed by atoms with Crippen molar-refractivity contribution in [1.29, 1.82) is 0 Å². The molecule has 1 aliphatic heterocycles. The van der Waals surface area contributed by atoms with Crippen LogP contribution in [0.25, 0.3) is 0 Å². The molecule has 23 heavy (non-hydrogen) atoms. The van der Waals surface area contributed by atoms with Crippen LogP contribution in [0.15, 0.2) is 29.3 Å². The number of nitrogens with two attached hydrogens (primary N) is 1. The molecule has 1 atom stereocenters. The van der Waals surface area contributed by atoms with Gasteiger partial charge in [0, 0.05) is 25.2 Å². The van der Waals surface area contributed by atoms with Crippen molar-refractivity contribution >= 4 is 29.9 Å². The van der Waals surface area contributed by atoms with Gasteiger partial charge in [-0.25, -0.2) is 4.99 Å². The molecule has 0 aromatic heterocycles. The summed E-state index contributed by atoms with van der Waals surface area (Å²) < 4.78 is 0. The summed E-state index contributed by atoms with van der Waals surface area (Å²) in [6.07, 6.45) is 0.680. The Hall–Kier alpha value is -0.860. The van der Waals surface area contributed by atoms with E-state index in [9.17, 15) is 5.11 Å². The van der Waals surface area contributed by atoms with Crippen LogP contribution >= 0.6 is 24.0 Å². The number of β-amino-alcohol motifs (C(OH)–C–C–N with tert-alkyl or cyclic N) is 1. The molecule has 5 nitrogen and oxygen atoms in total. The number of nitrogens with zero attached hydrogens (tertiary/aromatic N) is 2. The van der Waals surface area contributed by atoms with E-state index < -0.39 is 0 Å². The Morgan fingerprint density at radius 3 is 2.57 bits per heavy atom. The Morgan fingerprint density at radius 1 is 1.35 bits per heavy atom. The Morgan fingerprint density at radius 2 is 2.00 bits per heavy atom. The molecular weight excluding hydrogens is 403 g/mol. The highest BCUT2D eigenvalue weighted by Crippen LogP contribution is 2.17. The molecule has 2 rings (SSSR count). The minimum atomic E-state index is -0.184. The second-order valence-corrected chi connectivity index (χ2v) is 7.02. The fourth-order valence-electron chi connectivity index (χ4n) is 2.66. The summed E-state index contributed by atoms with van der Waals surface area (Å²) in [5.74, 6) is 0.471. The first kappa shape index (κ1) is 20.2. The van der Waals surface area contributed by atoms with Crippen LogP contribution in [-0.4, -0.2) is 40.7 Å². The standard InChI is InChI=1S/C17H28N4O.HI/c1-17(2,3)20-16(18)19-10-13-6-4-5-7-14(13)11-21-9-8-15(22)12-21;/h4-7,15,22H,8-12H2,1-3H3,(H3,18,19,20);1H. The third-order valence-corrected chi connectivity index (χ3v) is 3.68. The lowest BCUT2D eigenvalue weighted by Gasteiger charge is -2.21. The number of aliphatic hydroxyl groups excluding tert-OH is 1. The highest BCUT2D eigenvalue weighted by atomic mass is 127. The molecule has 1 unspecified atom stereocenters. The number of guanidine groups is 1. The SMILES string of the molecule is CC(C)(C)NC(N)=NCc1ccccc1CN1CCC(O)C1.I. The van der Waals surface area contributed by atoms with Crippen molar-refractivity contribution in [3.05, 3.63) is 35.4 Å². The van der Waals surface area contributed by atoms with E-state index in [0.717, 1.165) is 26.1 Å². The van der Waals surface area contributed by atoms with Gasteiger partial charge in [-0.1, -0.05) is 24.3 Å². The summed E-state index contributed by atoms with van der Waals surface area (Å²) in [7, 11) is 0. The average molecular weight is 432 g/mol. The molecule has 4 N–H and O–H groups in total. The predicted octanol–water partition coefficient (Wildman–Crippen LogP) is 2.07. The van der Waals surface area contributed by atoms with Gasteiger partial charge in [0.15, 0.2) is 5.96 Å². The molecular formula is C17H29IN4O. The number of halogens is 1. The first-order chi connectivity index (χ1) is 10.3. The number of aliphatic hydroxyl groups is 1. The van der Waals surface area contributed by atoms with Crippen molar-refractivity contribution in [3.63, 3.8) is 0 Å². The molecule has 0 spiro atoms. The van der Waals surface area contributed by atoms with E-state index in [4.69, 9.17) is 5.73 Å². The summed E-state index contributed by atoms with van der Waals surface area (Å²) in [5, 5.41) is 12.8. The molecule has 0 bridgehead atoms. The van der Waals surface area contributed by atoms with Crippen LogP contribution in [0.1, 0.15) is 38.3 Å². The van der Waals surface area contributed by atoms with Crippen LogP contribution in [0.2, 0.25) is 0 Å². The number of benzene rings is 1. The van der Waals surface area contributed by atoms with Gasteiger partial charge < -0.3 is 16.2 Å². The zero-order valence-corrected chi connectivity index (χ0v) is 16.6. The Bertz CT molecular complexity index is 528. The lowest BCUT2D eigenvalue weighted by atomic mass is 10.1. The zero-order chi connectivity index (χ0) is 16.2. The molecule has 1 aliphatic rings. The largest absolute Gasteiger partial charge is 0.392 e. The maximum Gasteiger partial charge on any atom is 0.189 e. The second kappa shape index (κ2) is 8.84. The van der Waals surface area contributed by atoms with E-state index in [1.165, 1.54) is 11.1 Å². The van der Waals surface area contributed by atoms with Crippen molar-refractivity contribution in [1.82, 2.24) is 10.2 Å². The first-order valence-electron chi connectivity index (χ1n) is 7.89. The average Bonchev–Trinajstić information content (AvgIpc) is 2.81. The van der Waals surface area contributed by atoms with E-state index in [1.54, 1.807) is 0 Å². The van der Waals surface area contributed by atoms with E-state index in [0.29, 0.717) is 12.5 Å². The van der Waals surface area contributed by atoms with Gasteiger partial charge in [-0.15, -0.1) is 24.0 Å². The van der Waals surface area contributed by atoms with E-state index in [-0.39, 0.29) is 35.6 Å². The van der Waals surface area contributed by atoms with Crippen molar-refractivity contribution < 1.29 is 5.11 Å². The van der Waals surface area contributed by atoms with Gasteiger partial charge in [-0.3, -0.25) is 4.90 Å². The first-order valence-corrected chi connectivity index (χ1v) is 7.89. The van der Waals surface area contributed by atoms with Crippen LogP contribution in [0, 0.1) is 0 Å². The summed E-state index contributed by atoms with van der Waals surface area (Å²) in [6, 6.07) is 8.30. The molecule has 1 heterocycles. The highest BCUT2D eigenvalue weighted by Gasteiger charge is 2.20. The quantitative estimate of drug-likeness (QED) is 0.387. The maximum atomic E-state index is 9.64. The Balaban J connectivity index is 0.00000264. The smallest absolute Gasteiger partial charge is 0.189 e. The third kappa shape index (κ3) is 7.05. The molecule has 1 fully saturated rings. The lowest BCUT2D eigenvalue weighted by Crippen LogP contribution is -2.45. The van der Waals surface area contributed by atoms with Gasteiger partial charge in [-0.05, 0) is 38.3 Å². The number of nitrogens with one attached hydrogen (secondary N) is 1. The number of aliphatic imine (C=N–C) groups is 1. The van der Waals surface area contributed by atoms with Gasteiger partial charge in [0.25, 0.3) is 0 Å². The molecule has 0 radical (unpaired) electrons. The van der Waals surface area contributed by atoms with Crippen LogP contribution < -0.4 is 11.1 Å². The van der Waals surface area contributed by atoms with Gasteiger partial charge in [0.2, 0.25) is 0 Å². The molecule has 0 amide bonds. The fraction of sp³-hybridized carbons (Fsp3) is 0.588. The normalized spacial score (nSPS) is 19.5. The van der Waals surface area contributed by atoms with Crippen molar-refractivity contribution in [2.24, 2.45) is 10.7 Å². The maximum absolute atomic E-state index is 9.64. The van der Waals surface area contributed by atoms with Crippen molar-refractivity contribution in [2.75, 3.05) is 13.1 Å². The van der Waals surface area contributed by atoms with E-state index in [2.05, 4.69) is 48.1 Å². The lowest BCUT2D eigenvalue weighted by molar-refractivity contribution is 0.174. The van der Waals surface area contributed by atoms with Crippen LogP contribution in [-0.2, 0) is 13.1 Å².